The largest absolute Gasteiger partial charge is 0.496 e. The van der Waals surface area contributed by atoms with E-state index in [1.54, 1.807) is 7.11 Å². The summed E-state index contributed by atoms with van der Waals surface area (Å²) < 4.78 is 10.5. The normalized spacial score (nSPS) is 21.7. The zero-order valence-electron chi connectivity index (χ0n) is 12.2. The summed E-state index contributed by atoms with van der Waals surface area (Å²) in [5.41, 5.74) is 3.11. The van der Waals surface area contributed by atoms with Gasteiger partial charge in [-0.15, -0.1) is 0 Å². The molecule has 104 valence electrons. The van der Waals surface area contributed by atoms with Gasteiger partial charge in [-0.05, 0) is 54.9 Å². The lowest BCUT2D eigenvalue weighted by molar-refractivity contribution is 0.0522. The van der Waals surface area contributed by atoms with Crippen molar-refractivity contribution >= 4 is 5.97 Å². The predicted molar refractivity (Wildman–Crippen MR) is 74.9 cm³/mol. The lowest BCUT2D eigenvalue weighted by Crippen LogP contribution is -2.18. The van der Waals surface area contributed by atoms with Crippen LogP contribution in [0.15, 0.2) is 12.1 Å². The number of methoxy groups -OCH3 is 1. The zero-order valence-corrected chi connectivity index (χ0v) is 12.2. The molecule has 0 saturated carbocycles. The minimum Gasteiger partial charge on any atom is -0.496 e. The van der Waals surface area contributed by atoms with E-state index in [2.05, 4.69) is 13.8 Å². The van der Waals surface area contributed by atoms with Crippen molar-refractivity contribution in [3.05, 3.63) is 28.8 Å². The van der Waals surface area contributed by atoms with Gasteiger partial charge >= 0.3 is 5.97 Å². The van der Waals surface area contributed by atoms with Gasteiger partial charge in [0.15, 0.2) is 0 Å². The standard InChI is InChI=1S/C16H22O3/c1-5-19-16(17)14-8-12-7-6-10(2)11(3)13(12)9-15(14)18-4/h8-11H,5-7H2,1-4H3. The minimum absolute atomic E-state index is 0.298. The third-order valence-corrected chi connectivity index (χ3v) is 4.17. The Hall–Kier alpha value is -1.51. The molecule has 1 aliphatic carbocycles. The average molecular weight is 262 g/mol. The summed E-state index contributed by atoms with van der Waals surface area (Å²) in [5, 5.41) is 0. The van der Waals surface area contributed by atoms with Crippen molar-refractivity contribution in [1.29, 1.82) is 0 Å². The summed E-state index contributed by atoms with van der Waals surface area (Å²) in [6.45, 7) is 6.71. The van der Waals surface area contributed by atoms with Gasteiger partial charge in [0.05, 0.1) is 13.7 Å². The lowest BCUT2D eigenvalue weighted by Gasteiger charge is -2.29. The van der Waals surface area contributed by atoms with Gasteiger partial charge in [0.2, 0.25) is 0 Å². The van der Waals surface area contributed by atoms with Gasteiger partial charge in [-0.2, -0.15) is 0 Å². The Labute approximate surface area is 114 Å². The summed E-state index contributed by atoms with van der Waals surface area (Å²) in [4.78, 5) is 12.0. The van der Waals surface area contributed by atoms with Crippen molar-refractivity contribution in [1.82, 2.24) is 0 Å². The first kappa shape index (κ1) is 13.9. The fourth-order valence-electron chi connectivity index (χ4n) is 2.76. The zero-order chi connectivity index (χ0) is 14.0. The Morgan fingerprint density at radius 3 is 2.74 bits per heavy atom. The van der Waals surface area contributed by atoms with E-state index >= 15 is 0 Å². The predicted octanol–water partition coefficient (Wildman–Crippen LogP) is 3.56. The molecule has 0 N–H and O–H groups in total. The summed E-state index contributed by atoms with van der Waals surface area (Å²) in [5.74, 6) is 1.51. The Balaban J connectivity index is 2.45. The fourth-order valence-corrected chi connectivity index (χ4v) is 2.76. The second-order valence-corrected chi connectivity index (χ2v) is 5.28. The Morgan fingerprint density at radius 1 is 1.37 bits per heavy atom. The van der Waals surface area contributed by atoms with Crippen LogP contribution in [0.1, 0.15) is 54.6 Å². The van der Waals surface area contributed by atoms with Crippen LogP contribution in [0.3, 0.4) is 0 Å². The molecule has 0 saturated heterocycles. The van der Waals surface area contributed by atoms with Crippen molar-refractivity contribution in [3.63, 3.8) is 0 Å². The van der Waals surface area contributed by atoms with E-state index in [0.29, 0.717) is 29.8 Å². The quantitative estimate of drug-likeness (QED) is 0.781. The fraction of sp³-hybridized carbons (Fsp3) is 0.562. The number of aryl methyl sites for hydroxylation is 1. The molecule has 1 aromatic rings. The molecule has 19 heavy (non-hydrogen) atoms. The van der Waals surface area contributed by atoms with Crippen molar-refractivity contribution in [2.75, 3.05) is 13.7 Å². The number of carbonyl (C=O) groups is 1. The van der Waals surface area contributed by atoms with E-state index in [4.69, 9.17) is 9.47 Å². The van der Waals surface area contributed by atoms with Crippen LogP contribution in [0.25, 0.3) is 0 Å². The van der Waals surface area contributed by atoms with Crippen LogP contribution in [-0.2, 0) is 11.2 Å². The Bertz CT molecular complexity index is 479. The molecule has 2 unspecified atom stereocenters. The molecular formula is C16H22O3. The van der Waals surface area contributed by atoms with Gasteiger partial charge < -0.3 is 9.47 Å². The van der Waals surface area contributed by atoms with Gasteiger partial charge in [0.25, 0.3) is 0 Å². The molecule has 0 bridgehead atoms. The Kier molecular flexibility index (Phi) is 4.13. The van der Waals surface area contributed by atoms with Crippen molar-refractivity contribution in [3.8, 4) is 5.75 Å². The second kappa shape index (κ2) is 5.64. The van der Waals surface area contributed by atoms with Crippen LogP contribution < -0.4 is 4.74 Å². The first-order chi connectivity index (χ1) is 9.08. The number of ether oxygens (including phenoxy) is 2. The van der Waals surface area contributed by atoms with Crippen LogP contribution in [0.5, 0.6) is 5.75 Å². The molecule has 0 heterocycles. The smallest absolute Gasteiger partial charge is 0.341 e. The monoisotopic (exact) mass is 262 g/mol. The second-order valence-electron chi connectivity index (χ2n) is 5.28. The average Bonchev–Trinajstić information content (AvgIpc) is 2.42. The van der Waals surface area contributed by atoms with E-state index in [9.17, 15) is 4.79 Å². The molecule has 0 spiro atoms. The van der Waals surface area contributed by atoms with Gasteiger partial charge in [-0.3, -0.25) is 0 Å². The maximum absolute atomic E-state index is 12.0. The summed E-state index contributed by atoms with van der Waals surface area (Å²) in [7, 11) is 1.60. The van der Waals surface area contributed by atoms with Crippen molar-refractivity contribution in [2.24, 2.45) is 5.92 Å². The van der Waals surface area contributed by atoms with Crippen LogP contribution in [0, 0.1) is 5.92 Å². The Morgan fingerprint density at radius 2 is 2.11 bits per heavy atom. The van der Waals surface area contributed by atoms with Crippen molar-refractivity contribution < 1.29 is 14.3 Å². The van der Waals surface area contributed by atoms with E-state index < -0.39 is 0 Å². The molecule has 0 radical (unpaired) electrons. The highest BCUT2D eigenvalue weighted by Gasteiger charge is 2.26. The first-order valence-electron chi connectivity index (χ1n) is 6.96. The van der Waals surface area contributed by atoms with Gasteiger partial charge in [0.1, 0.15) is 11.3 Å². The van der Waals surface area contributed by atoms with E-state index in [1.165, 1.54) is 17.5 Å². The SMILES string of the molecule is CCOC(=O)c1cc2c(cc1OC)C(C)C(C)CC2. The van der Waals surface area contributed by atoms with Gasteiger partial charge in [-0.25, -0.2) is 4.79 Å². The third kappa shape index (κ3) is 2.60. The van der Waals surface area contributed by atoms with E-state index in [0.717, 1.165) is 6.42 Å². The minimum atomic E-state index is -0.298. The number of fused-ring (bicyclic) bond motifs is 1. The van der Waals surface area contributed by atoms with Crippen LogP contribution in [0.4, 0.5) is 0 Å². The highest BCUT2D eigenvalue weighted by atomic mass is 16.5. The van der Waals surface area contributed by atoms with Gasteiger partial charge in [0, 0.05) is 0 Å². The highest BCUT2D eigenvalue weighted by molar-refractivity contribution is 5.93. The summed E-state index contributed by atoms with van der Waals surface area (Å²) in [6.07, 6.45) is 2.19. The van der Waals surface area contributed by atoms with Crippen LogP contribution in [-0.4, -0.2) is 19.7 Å². The first-order valence-corrected chi connectivity index (χ1v) is 6.96. The van der Waals surface area contributed by atoms with E-state index in [-0.39, 0.29) is 5.97 Å². The molecule has 0 fully saturated rings. The van der Waals surface area contributed by atoms with E-state index in [1.807, 2.05) is 19.1 Å². The molecule has 3 nitrogen and oxygen atoms in total. The van der Waals surface area contributed by atoms with Gasteiger partial charge in [-0.1, -0.05) is 13.8 Å². The number of hydrogen-bond donors (Lipinski definition) is 0. The maximum Gasteiger partial charge on any atom is 0.341 e. The number of esters is 1. The number of hydrogen-bond acceptors (Lipinski definition) is 3. The molecular weight excluding hydrogens is 240 g/mol. The van der Waals surface area contributed by atoms with Crippen LogP contribution in [0.2, 0.25) is 0 Å². The van der Waals surface area contributed by atoms with Crippen LogP contribution >= 0.6 is 0 Å². The topological polar surface area (TPSA) is 35.5 Å². The number of rotatable bonds is 3. The molecule has 0 amide bonds. The summed E-state index contributed by atoms with van der Waals surface area (Å²) in [6, 6.07) is 3.97. The molecule has 3 heteroatoms. The highest BCUT2D eigenvalue weighted by Crippen LogP contribution is 2.39. The number of carbonyl (C=O) groups excluding carboxylic acids is 1. The molecule has 1 aromatic carbocycles. The summed E-state index contributed by atoms with van der Waals surface area (Å²) >= 11 is 0. The molecule has 0 aliphatic heterocycles. The lowest BCUT2D eigenvalue weighted by atomic mass is 9.76. The third-order valence-electron chi connectivity index (χ3n) is 4.17. The molecule has 2 rings (SSSR count). The molecule has 2 atom stereocenters. The molecule has 0 aromatic heterocycles. The van der Waals surface area contributed by atoms with Crippen molar-refractivity contribution in [2.45, 2.75) is 39.5 Å². The molecule has 1 aliphatic rings. The maximum atomic E-state index is 12.0. The number of benzene rings is 1.